The van der Waals surface area contributed by atoms with Crippen molar-refractivity contribution in [2.24, 2.45) is 0 Å². The van der Waals surface area contributed by atoms with Gasteiger partial charge in [0.15, 0.2) is 11.5 Å². The summed E-state index contributed by atoms with van der Waals surface area (Å²) in [4.78, 5) is 14.6. The first-order valence-electron chi connectivity index (χ1n) is 11.2. The number of benzene rings is 1. The second-order valence-corrected chi connectivity index (χ2v) is 9.93. The average Bonchev–Trinajstić information content (AvgIpc) is 3.08. The minimum absolute atomic E-state index is 0.00253. The first-order chi connectivity index (χ1) is 14.4. The molecule has 2 bridgehead atoms. The van der Waals surface area contributed by atoms with Crippen molar-refractivity contribution in [1.29, 1.82) is 0 Å². The molecule has 4 aliphatic rings. The van der Waals surface area contributed by atoms with E-state index in [1.807, 2.05) is 7.11 Å². The van der Waals surface area contributed by atoms with Crippen LogP contribution in [0.1, 0.15) is 50.2 Å². The quantitative estimate of drug-likeness (QED) is 0.600. The van der Waals surface area contributed by atoms with Gasteiger partial charge in [-0.25, -0.2) is 0 Å². The van der Waals surface area contributed by atoms with E-state index in [0.717, 1.165) is 50.6 Å². The summed E-state index contributed by atoms with van der Waals surface area (Å²) < 4.78 is 13.0. The number of likely N-dealkylation sites (N-methyl/N-ethyl adjacent to an activating group) is 1. The van der Waals surface area contributed by atoms with E-state index in [1.54, 1.807) is 6.07 Å². The maximum Gasteiger partial charge on any atom is 0.202 e. The lowest BCUT2D eigenvalue weighted by Gasteiger charge is -2.65. The second-order valence-electron chi connectivity index (χ2n) is 9.49. The minimum atomic E-state index is -0.361. The lowest BCUT2D eigenvalue weighted by atomic mass is 9.48. The van der Waals surface area contributed by atoms with Gasteiger partial charge in [-0.2, -0.15) is 0 Å². The Morgan fingerprint density at radius 3 is 2.97 bits per heavy atom. The summed E-state index contributed by atoms with van der Waals surface area (Å²) in [6.07, 6.45) is 5.04. The second kappa shape index (κ2) is 7.12. The molecule has 1 saturated heterocycles. The van der Waals surface area contributed by atoms with E-state index >= 15 is 0 Å². The highest BCUT2D eigenvalue weighted by atomic mass is 32.1. The van der Waals surface area contributed by atoms with Crippen molar-refractivity contribution in [2.75, 3.05) is 20.7 Å². The summed E-state index contributed by atoms with van der Waals surface area (Å²) in [6.45, 7) is 3.04. The molecule has 0 amide bonds. The highest BCUT2D eigenvalue weighted by Crippen LogP contribution is 2.66. The minimum Gasteiger partial charge on any atom is -0.504 e. The maximum atomic E-state index is 12.2. The van der Waals surface area contributed by atoms with Crippen molar-refractivity contribution in [3.8, 4) is 11.5 Å². The third-order valence-electron chi connectivity index (χ3n) is 8.34. The highest BCUT2D eigenvalue weighted by Gasteiger charge is 2.73. The van der Waals surface area contributed by atoms with Crippen LogP contribution in [0.5, 0.6) is 11.5 Å². The topological polar surface area (TPSA) is 71.0 Å². The number of methoxy groups -OCH3 is 1. The number of nitrogens with zero attached hydrogens (tertiary/aromatic N) is 1. The van der Waals surface area contributed by atoms with Crippen LogP contribution in [-0.4, -0.2) is 65.7 Å². The van der Waals surface area contributed by atoms with Crippen molar-refractivity contribution in [2.45, 2.75) is 80.7 Å². The molecule has 2 N–H and O–H groups in total. The molecule has 6 atom stereocenters. The number of aromatic hydroxyl groups is 1. The monoisotopic (exact) mass is 432 g/mol. The zero-order chi connectivity index (χ0) is 21.3. The summed E-state index contributed by atoms with van der Waals surface area (Å²) in [7, 11) is 4.03. The fraction of sp³-hybridized carbons (Fsp3) is 0.696. The Morgan fingerprint density at radius 1 is 1.47 bits per heavy atom. The van der Waals surface area contributed by atoms with Gasteiger partial charge in [-0.15, -0.1) is 12.6 Å². The van der Waals surface area contributed by atoms with Crippen LogP contribution in [0.4, 0.5) is 0 Å². The molecule has 7 heteroatoms. The van der Waals surface area contributed by atoms with Crippen molar-refractivity contribution in [3.05, 3.63) is 23.3 Å². The van der Waals surface area contributed by atoms with Crippen LogP contribution >= 0.6 is 12.6 Å². The Morgan fingerprint density at radius 2 is 2.27 bits per heavy atom. The Hall–Kier alpha value is -1.28. The molecule has 0 aromatic heterocycles. The fourth-order valence-corrected chi connectivity index (χ4v) is 7.34. The van der Waals surface area contributed by atoms with Crippen molar-refractivity contribution in [1.82, 2.24) is 10.2 Å². The van der Waals surface area contributed by atoms with Gasteiger partial charge in [-0.05, 0) is 57.3 Å². The Balaban J connectivity index is 1.65. The number of ether oxygens (including phenoxy) is 2. The van der Waals surface area contributed by atoms with Gasteiger partial charge in [0.05, 0.1) is 17.1 Å². The van der Waals surface area contributed by atoms with Gasteiger partial charge in [0, 0.05) is 24.8 Å². The maximum absolute atomic E-state index is 12.2. The Bertz CT molecular complexity index is 879. The molecule has 2 aliphatic carbocycles. The smallest absolute Gasteiger partial charge is 0.202 e. The molecule has 0 unspecified atom stereocenters. The molecule has 30 heavy (non-hydrogen) atoms. The molecule has 1 aromatic carbocycles. The molecular weight excluding hydrogens is 400 g/mol. The van der Waals surface area contributed by atoms with Gasteiger partial charge in [-0.1, -0.05) is 19.4 Å². The highest BCUT2D eigenvalue weighted by molar-refractivity contribution is 7.96. The summed E-state index contributed by atoms with van der Waals surface area (Å²) in [5.74, 6) is 0.828. The summed E-state index contributed by atoms with van der Waals surface area (Å²) in [5, 5.41) is 14.2. The average molecular weight is 433 g/mol. The van der Waals surface area contributed by atoms with Crippen molar-refractivity contribution >= 4 is 17.7 Å². The van der Waals surface area contributed by atoms with Gasteiger partial charge in [0.1, 0.15) is 6.10 Å². The molecule has 1 saturated carbocycles. The number of phenols is 1. The molecule has 1 spiro atoms. The summed E-state index contributed by atoms with van der Waals surface area (Å²) in [6, 6.07) is 3.80. The molecule has 6 nitrogen and oxygen atoms in total. The number of hydrogen-bond acceptors (Lipinski definition) is 6. The van der Waals surface area contributed by atoms with E-state index in [1.165, 1.54) is 5.56 Å². The number of thiol groups is 1. The van der Waals surface area contributed by atoms with Crippen LogP contribution in [0.25, 0.3) is 0 Å². The first kappa shape index (κ1) is 20.6. The molecular formula is C23H32N2O4S. The molecule has 5 rings (SSSR count). The van der Waals surface area contributed by atoms with Gasteiger partial charge in [-0.3, -0.25) is 4.79 Å². The zero-order valence-corrected chi connectivity index (χ0v) is 18.9. The standard InChI is InChI=1S/C23H32N2O4S/c1-4-5-15(21(27)30)24-14-8-9-23(28-3)17-12-13-6-7-16(26)19-18(13)22(23,20(14)29-19)10-11-25(17)2/h6-7,14-15,17,20,24,26H,4-5,8-12H2,1-3H3,(H,27,30)/t14-,15-,17+,20-,22-,23+/m0/s1. The first-order valence-corrected chi connectivity index (χ1v) is 11.6. The van der Waals surface area contributed by atoms with E-state index in [2.05, 4.69) is 42.9 Å². The molecule has 1 aromatic rings. The third-order valence-corrected chi connectivity index (χ3v) is 8.66. The van der Waals surface area contributed by atoms with E-state index in [-0.39, 0.29) is 46.1 Å². The Kier molecular flexibility index (Phi) is 4.89. The normalized spacial score (nSPS) is 37.4. The molecule has 2 fully saturated rings. The van der Waals surface area contributed by atoms with E-state index in [0.29, 0.717) is 5.75 Å². The van der Waals surface area contributed by atoms with E-state index < -0.39 is 0 Å². The number of carbonyl (C=O) groups is 1. The predicted octanol–water partition coefficient (Wildman–Crippen LogP) is 2.41. The SMILES string of the molecule is CCC[C@H](N[C@H]1CC[C@@]2(OC)[C@H]3Cc4ccc(O)c5c4[C@@]2(CCN3C)[C@H]1O5)C(=O)S. The van der Waals surface area contributed by atoms with Crippen LogP contribution in [0.3, 0.4) is 0 Å². The summed E-state index contributed by atoms with van der Waals surface area (Å²) >= 11 is 4.14. The number of piperidine rings is 1. The van der Waals surface area contributed by atoms with E-state index in [4.69, 9.17) is 9.47 Å². The number of nitrogens with one attached hydrogen (secondary N) is 1. The molecule has 2 aliphatic heterocycles. The molecule has 0 radical (unpaired) electrons. The predicted molar refractivity (Wildman–Crippen MR) is 118 cm³/mol. The van der Waals surface area contributed by atoms with Gasteiger partial charge >= 0.3 is 0 Å². The molecule has 2 heterocycles. The van der Waals surface area contributed by atoms with Crippen LogP contribution in [0, 0.1) is 0 Å². The van der Waals surface area contributed by atoms with E-state index in [9.17, 15) is 9.90 Å². The number of phenolic OH excluding ortho intramolecular Hbond substituents is 1. The zero-order valence-electron chi connectivity index (χ0n) is 18.0. The van der Waals surface area contributed by atoms with Crippen LogP contribution in [0.2, 0.25) is 0 Å². The largest absolute Gasteiger partial charge is 0.504 e. The third kappa shape index (κ3) is 2.46. The number of rotatable bonds is 6. The Labute approximate surface area is 183 Å². The van der Waals surface area contributed by atoms with Crippen molar-refractivity contribution in [3.63, 3.8) is 0 Å². The lowest BCUT2D eigenvalue weighted by molar-refractivity contribution is -0.203. The molecule has 164 valence electrons. The lowest BCUT2D eigenvalue weighted by Crippen LogP contribution is -2.78. The number of carbonyl (C=O) groups excluding carboxylic acids is 1. The van der Waals surface area contributed by atoms with Crippen LogP contribution in [-0.2, 0) is 21.4 Å². The van der Waals surface area contributed by atoms with Crippen molar-refractivity contribution < 1.29 is 19.4 Å². The fourth-order valence-electron chi connectivity index (χ4n) is 7.14. The summed E-state index contributed by atoms with van der Waals surface area (Å²) in [5.41, 5.74) is 1.72. The number of hydrogen-bond donors (Lipinski definition) is 3. The van der Waals surface area contributed by atoms with Crippen LogP contribution < -0.4 is 10.1 Å². The number of likely N-dealkylation sites (tertiary alicyclic amines) is 1. The van der Waals surface area contributed by atoms with Gasteiger partial charge in [0.25, 0.3) is 0 Å². The van der Waals surface area contributed by atoms with Crippen LogP contribution in [0.15, 0.2) is 12.1 Å². The van der Waals surface area contributed by atoms with Gasteiger partial charge < -0.3 is 24.8 Å². The van der Waals surface area contributed by atoms with Gasteiger partial charge in [0.2, 0.25) is 5.12 Å².